The summed E-state index contributed by atoms with van der Waals surface area (Å²) in [4.78, 5) is 49.7. The molecule has 0 spiro atoms. The molecule has 0 aliphatic carbocycles. The number of nitro benzene ring substituents is 1. The van der Waals surface area contributed by atoms with E-state index in [1.807, 2.05) is 30.3 Å². The van der Waals surface area contributed by atoms with Crippen molar-refractivity contribution < 1.29 is 28.8 Å². The van der Waals surface area contributed by atoms with Gasteiger partial charge >= 0.3 is 11.7 Å². The molecule has 0 saturated carbocycles. The molecule has 1 saturated heterocycles. The molecule has 10 nitrogen and oxygen atoms in total. The highest BCUT2D eigenvalue weighted by molar-refractivity contribution is 5.93. The largest absolute Gasteiger partial charge is 0.474 e. The number of ether oxygens (including phenoxy) is 2. The Bertz CT molecular complexity index is 1030. The number of piperazine rings is 1. The van der Waals surface area contributed by atoms with Crippen molar-refractivity contribution in [2.45, 2.75) is 38.3 Å². The predicted molar refractivity (Wildman–Crippen MR) is 122 cm³/mol. The maximum Gasteiger partial charge on any atom is 0.310 e. The van der Waals surface area contributed by atoms with E-state index in [0.29, 0.717) is 6.42 Å². The Morgan fingerprint density at radius 2 is 1.88 bits per heavy atom. The lowest BCUT2D eigenvalue weighted by Crippen LogP contribution is -2.60. The van der Waals surface area contributed by atoms with Crippen LogP contribution in [-0.4, -0.2) is 59.4 Å². The number of nitro groups is 1. The average Bonchev–Trinajstić information content (AvgIpc) is 2.83. The summed E-state index contributed by atoms with van der Waals surface area (Å²) in [6.45, 7) is 2.06. The lowest BCUT2D eigenvalue weighted by Gasteiger charge is -2.35. The van der Waals surface area contributed by atoms with Crippen LogP contribution in [0.5, 0.6) is 5.75 Å². The van der Waals surface area contributed by atoms with Crippen molar-refractivity contribution in [3.63, 3.8) is 0 Å². The molecule has 10 heteroatoms. The van der Waals surface area contributed by atoms with Gasteiger partial charge in [-0.1, -0.05) is 42.5 Å². The number of esters is 1. The molecule has 3 rings (SSSR count). The number of carbonyl (C=O) groups excluding carboxylic acids is 3. The third-order valence-corrected chi connectivity index (χ3v) is 5.40. The summed E-state index contributed by atoms with van der Waals surface area (Å²) in [5, 5.41) is 13.9. The van der Waals surface area contributed by atoms with Crippen molar-refractivity contribution in [2.24, 2.45) is 0 Å². The van der Waals surface area contributed by atoms with E-state index in [9.17, 15) is 24.5 Å². The van der Waals surface area contributed by atoms with Gasteiger partial charge in [0.05, 0.1) is 18.0 Å². The summed E-state index contributed by atoms with van der Waals surface area (Å²) in [6.07, 6.45) is -0.00311. The minimum atomic E-state index is -1.10. The standard InChI is InChI=1S/C24H27N3O7/c1-17(34-21-12-6-5-11-19(21)27(31)32)24(30)26-14-13-25-23(29)20(26)16-22(28)33-15-7-10-18-8-3-2-4-9-18/h2-6,8-9,11-12,17,20H,7,10,13-16H2,1H3,(H,25,29). The van der Waals surface area contributed by atoms with Gasteiger partial charge in [0, 0.05) is 19.2 Å². The smallest absolute Gasteiger partial charge is 0.310 e. The van der Waals surface area contributed by atoms with Crippen LogP contribution in [0.15, 0.2) is 54.6 Å². The normalized spacial score (nSPS) is 16.3. The number of para-hydroxylation sites is 2. The first kappa shape index (κ1) is 24.7. The van der Waals surface area contributed by atoms with Crippen LogP contribution in [0.4, 0.5) is 5.69 Å². The van der Waals surface area contributed by atoms with E-state index >= 15 is 0 Å². The number of nitrogens with zero attached hydrogens (tertiary/aromatic N) is 2. The number of benzene rings is 2. The number of amides is 2. The highest BCUT2D eigenvalue weighted by Gasteiger charge is 2.37. The molecular formula is C24H27N3O7. The third-order valence-electron chi connectivity index (χ3n) is 5.40. The van der Waals surface area contributed by atoms with Crippen LogP contribution in [0.3, 0.4) is 0 Å². The summed E-state index contributed by atoms with van der Waals surface area (Å²) in [6, 6.07) is 14.5. The SMILES string of the molecule is CC(Oc1ccccc1[N+](=O)[O-])C(=O)N1CCNC(=O)C1CC(=O)OCCCc1ccccc1. The molecule has 1 aliphatic rings. The number of hydrogen-bond acceptors (Lipinski definition) is 7. The van der Waals surface area contributed by atoms with E-state index < -0.39 is 34.9 Å². The Hall–Kier alpha value is -3.95. The third kappa shape index (κ3) is 6.53. The fraction of sp³-hybridized carbons (Fsp3) is 0.375. The van der Waals surface area contributed by atoms with Crippen molar-refractivity contribution in [1.82, 2.24) is 10.2 Å². The van der Waals surface area contributed by atoms with E-state index in [0.717, 1.165) is 12.0 Å². The summed E-state index contributed by atoms with van der Waals surface area (Å²) in [7, 11) is 0. The van der Waals surface area contributed by atoms with Crippen LogP contribution in [0.2, 0.25) is 0 Å². The summed E-state index contributed by atoms with van der Waals surface area (Å²) in [5.74, 6) is -1.64. The topological polar surface area (TPSA) is 128 Å². The van der Waals surface area contributed by atoms with Gasteiger partial charge in [-0.05, 0) is 31.4 Å². The summed E-state index contributed by atoms with van der Waals surface area (Å²) in [5.41, 5.74) is 0.865. The van der Waals surface area contributed by atoms with Gasteiger partial charge in [-0.25, -0.2) is 0 Å². The van der Waals surface area contributed by atoms with Gasteiger partial charge in [-0.3, -0.25) is 24.5 Å². The van der Waals surface area contributed by atoms with Crippen LogP contribution < -0.4 is 10.1 Å². The zero-order valence-electron chi connectivity index (χ0n) is 18.8. The van der Waals surface area contributed by atoms with Gasteiger partial charge < -0.3 is 19.7 Å². The van der Waals surface area contributed by atoms with Crippen molar-refractivity contribution in [3.05, 3.63) is 70.3 Å². The molecule has 0 radical (unpaired) electrons. The molecule has 1 fully saturated rings. The molecule has 1 aliphatic heterocycles. The average molecular weight is 469 g/mol. The molecule has 2 atom stereocenters. The van der Waals surface area contributed by atoms with Crippen molar-refractivity contribution in [3.8, 4) is 5.75 Å². The molecule has 2 amide bonds. The van der Waals surface area contributed by atoms with Gasteiger partial charge in [0.2, 0.25) is 5.91 Å². The number of hydrogen-bond donors (Lipinski definition) is 1. The molecule has 1 heterocycles. The summed E-state index contributed by atoms with van der Waals surface area (Å²) < 4.78 is 10.8. The monoisotopic (exact) mass is 469 g/mol. The van der Waals surface area contributed by atoms with Crippen LogP contribution in [-0.2, 0) is 25.5 Å². The minimum absolute atomic E-state index is 0.0517. The number of rotatable bonds is 10. The van der Waals surface area contributed by atoms with Gasteiger partial charge in [0.15, 0.2) is 11.9 Å². The van der Waals surface area contributed by atoms with E-state index in [1.54, 1.807) is 6.07 Å². The number of aryl methyl sites for hydroxylation is 1. The molecule has 0 aromatic heterocycles. The lowest BCUT2D eigenvalue weighted by atomic mass is 10.1. The van der Waals surface area contributed by atoms with E-state index in [1.165, 1.54) is 30.0 Å². The number of carbonyl (C=O) groups is 3. The first-order valence-electron chi connectivity index (χ1n) is 11.0. The molecule has 2 aromatic carbocycles. The van der Waals surface area contributed by atoms with Crippen molar-refractivity contribution in [2.75, 3.05) is 19.7 Å². The molecule has 34 heavy (non-hydrogen) atoms. The first-order chi connectivity index (χ1) is 16.4. The zero-order chi connectivity index (χ0) is 24.5. The van der Waals surface area contributed by atoms with E-state index in [4.69, 9.17) is 9.47 Å². The van der Waals surface area contributed by atoms with Gasteiger partial charge in [-0.2, -0.15) is 0 Å². The molecule has 1 N–H and O–H groups in total. The van der Waals surface area contributed by atoms with Gasteiger partial charge in [0.1, 0.15) is 6.04 Å². The molecule has 0 bridgehead atoms. The van der Waals surface area contributed by atoms with Crippen LogP contribution in [0, 0.1) is 10.1 Å². The number of nitrogens with one attached hydrogen (secondary N) is 1. The summed E-state index contributed by atoms with van der Waals surface area (Å²) >= 11 is 0. The molecular weight excluding hydrogens is 442 g/mol. The van der Waals surface area contributed by atoms with Crippen molar-refractivity contribution >= 4 is 23.5 Å². The molecule has 2 unspecified atom stereocenters. The Morgan fingerprint density at radius 3 is 2.62 bits per heavy atom. The molecule has 2 aromatic rings. The second-order valence-electron chi connectivity index (χ2n) is 7.84. The van der Waals surface area contributed by atoms with Crippen LogP contribution >= 0.6 is 0 Å². The maximum absolute atomic E-state index is 13.0. The quantitative estimate of drug-likeness (QED) is 0.245. The fourth-order valence-corrected chi connectivity index (χ4v) is 3.69. The van der Waals surface area contributed by atoms with Crippen LogP contribution in [0.1, 0.15) is 25.3 Å². The van der Waals surface area contributed by atoms with Crippen LogP contribution in [0.25, 0.3) is 0 Å². The van der Waals surface area contributed by atoms with Gasteiger partial charge in [-0.15, -0.1) is 0 Å². The maximum atomic E-state index is 13.0. The Morgan fingerprint density at radius 1 is 1.18 bits per heavy atom. The highest BCUT2D eigenvalue weighted by Crippen LogP contribution is 2.27. The Kier molecular flexibility index (Phi) is 8.55. The zero-order valence-corrected chi connectivity index (χ0v) is 18.8. The van der Waals surface area contributed by atoms with Gasteiger partial charge in [0.25, 0.3) is 5.91 Å². The highest BCUT2D eigenvalue weighted by atomic mass is 16.6. The second kappa shape index (κ2) is 11.8. The first-order valence-corrected chi connectivity index (χ1v) is 11.0. The Labute approximate surface area is 197 Å². The predicted octanol–water partition coefficient (Wildman–Crippen LogP) is 2.26. The van der Waals surface area contributed by atoms with Crippen molar-refractivity contribution in [1.29, 1.82) is 0 Å². The lowest BCUT2D eigenvalue weighted by molar-refractivity contribution is -0.386. The Balaban J connectivity index is 1.57. The molecule has 180 valence electrons. The second-order valence-corrected chi connectivity index (χ2v) is 7.84. The fourth-order valence-electron chi connectivity index (χ4n) is 3.69. The van der Waals surface area contributed by atoms with E-state index in [-0.39, 0.29) is 37.6 Å². The van der Waals surface area contributed by atoms with E-state index in [2.05, 4.69) is 5.32 Å². The minimum Gasteiger partial charge on any atom is -0.474 e.